The number of methoxy groups -OCH3 is 1. The summed E-state index contributed by atoms with van der Waals surface area (Å²) in [5.41, 5.74) is 0.406. The molecule has 0 spiro atoms. The van der Waals surface area contributed by atoms with Crippen molar-refractivity contribution >= 4 is 5.97 Å². The smallest absolute Gasteiger partial charge is 0.356 e. The summed E-state index contributed by atoms with van der Waals surface area (Å²) in [4.78, 5) is 11.4. The van der Waals surface area contributed by atoms with E-state index in [9.17, 15) is 4.79 Å². The van der Waals surface area contributed by atoms with Crippen molar-refractivity contribution in [1.82, 2.24) is 9.78 Å². The van der Waals surface area contributed by atoms with Crippen LogP contribution in [0.2, 0.25) is 0 Å². The van der Waals surface area contributed by atoms with Crippen molar-refractivity contribution < 1.29 is 23.7 Å². The Morgan fingerprint density at radius 2 is 1.90 bits per heavy atom. The number of nitrogens with zero attached hydrogens (tertiary/aromatic N) is 2. The van der Waals surface area contributed by atoms with Crippen LogP contribution in [0.1, 0.15) is 10.5 Å². The highest BCUT2D eigenvalue weighted by Crippen LogP contribution is 2.00. The van der Waals surface area contributed by atoms with Gasteiger partial charge in [0.2, 0.25) is 0 Å². The maximum Gasteiger partial charge on any atom is 0.356 e. The number of hydrogen-bond acceptors (Lipinski definition) is 6. The molecule has 116 valence electrons. The molecule has 1 rings (SSSR count). The first kappa shape index (κ1) is 17.2. The Hall–Kier alpha value is -1.88. The van der Waals surface area contributed by atoms with Gasteiger partial charge in [-0.15, -0.1) is 6.42 Å². The van der Waals surface area contributed by atoms with E-state index in [1.807, 2.05) is 0 Å². The van der Waals surface area contributed by atoms with Crippen molar-refractivity contribution in [2.45, 2.75) is 6.54 Å². The van der Waals surface area contributed by atoms with Gasteiger partial charge in [0.05, 0.1) is 46.7 Å². The average molecular weight is 296 g/mol. The zero-order valence-corrected chi connectivity index (χ0v) is 12.1. The second kappa shape index (κ2) is 10.9. The third-order valence-electron chi connectivity index (χ3n) is 2.49. The quantitative estimate of drug-likeness (QED) is 0.333. The first-order valence-corrected chi connectivity index (χ1v) is 6.56. The molecule has 1 aromatic rings. The van der Waals surface area contributed by atoms with E-state index >= 15 is 0 Å². The SMILES string of the molecule is C#CCOCCOCCOCCn1nccc1C(=O)OC. The number of hydrogen-bond donors (Lipinski definition) is 0. The monoisotopic (exact) mass is 296 g/mol. The maximum atomic E-state index is 11.4. The lowest BCUT2D eigenvalue weighted by Crippen LogP contribution is -2.16. The molecular weight excluding hydrogens is 276 g/mol. The molecule has 0 N–H and O–H groups in total. The molecule has 0 bridgehead atoms. The summed E-state index contributed by atoms with van der Waals surface area (Å²) in [5.74, 6) is 1.96. The molecule has 0 fully saturated rings. The Bertz CT molecular complexity index is 452. The van der Waals surface area contributed by atoms with Gasteiger partial charge in [-0.05, 0) is 6.07 Å². The van der Waals surface area contributed by atoms with E-state index in [0.717, 1.165) is 0 Å². The van der Waals surface area contributed by atoms with Gasteiger partial charge in [0.15, 0.2) is 0 Å². The first-order chi connectivity index (χ1) is 10.3. The molecule has 0 unspecified atom stereocenters. The number of carbonyl (C=O) groups is 1. The summed E-state index contributed by atoms with van der Waals surface area (Å²) in [6.07, 6.45) is 6.58. The van der Waals surface area contributed by atoms with Crippen LogP contribution in [0.3, 0.4) is 0 Å². The van der Waals surface area contributed by atoms with Crippen molar-refractivity contribution in [2.24, 2.45) is 0 Å². The standard InChI is InChI=1S/C14H20N2O5/c1-3-7-19-9-11-21-12-10-20-8-6-16-13(4-5-15-16)14(17)18-2/h1,4-5H,6-12H2,2H3. The van der Waals surface area contributed by atoms with Gasteiger partial charge < -0.3 is 18.9 Å². The van der Waals surface area contributed by atoms with Crippen molar-refractivity contribution in [3.05, 3.63) is 18.0 Å². The number of rotatable bonds is 11. The molecular formula is C14H20N2O5. The molecule has 0 aliphatic heterocycles. The summed E-state index contributed by atoms with van der Waals surface area (Å²) in [6, 6.07) is 1.60. The van der Waals surface area contributed by atoms with E-state index in [1.54, 1.807) is 16.9 Å². The number of terminal acetylenes is 1. The molecule has 0 saturated carbocycles. The van der Waals surface area contributed by atoms with Gasteiger partial charge in [-0.2, -0.15) is 5.10 Å². The zero-order valence-electron chi connectivity index (χ0n) is 12.1. The minimum atomic E-state index is -0.414. The molecule has 0 amide bonds. The number of carbonyl (C=O) groups excluding carboxylic acids is 1. The predicted molar refractivity (Wildman–Crippen MR) is 74.9 cm³/mol. The minimum Gasteiger partial charge on any atom is -0.464 e. The second-order valence-electron chi connectivity index (χ2n) is 3.91. The maximum absolute atomic E-state index is 11.4. The molecule has 0 radical (unpaired) electrons. The van der Waals surface area contributed by atoms with Gasteiger partial charge in [-0.3, -0.25) is 4.68 Å². The summed E-state index contributed by atoms with van der Waals surface area (Å²) in [7, 11) is 1.33. The van der Waals surface area contributed by atoms with Gasteiger partial charge >= 0.3 is 5.97 Å². The Morgan fingerprint density at radius 3 is 2.57 bits per heavy atom. The average Bonchev–Trinajstić information content (AvgIpc) is 2.97. The summed E-state index contributed by atoms with van der Waals surface area (Å²) in [5, 5.41) is 4.03. The van der Waals surface area contributed by atoms with Crippen LogP contribution in [0.15, 0.2) is 12.3 Å². The predicted octanol–water partition coefficient (Wildman–Crippen LogP) is 0.353. The van der Waals surface area contributed by atoms with Crippen LogP contribution in [0, 0.1) is 12.3 Å². The van der Waals surface area contributed by atoms with Crippen LogP contribution in [-0.2, 0) is 25.5 Å². The molecule has 7 heteroatoms. The van der Waals surface area contributed by atoms with Crippen LogP contribution in [0.25, 0.3) is 0 Å². The van der Waals surface area contributed by atoms with Crippen LogP contribution < -0.4 is 0 Å². The highest BCUT2D eigenvalue weighted by molar-refractivity contribution is 5.87. The molecule has 0 aromatic carbocycles. The van der Waals surface area contributed by atoms with E-state index in [1.165, 1.54) is 7.11 Å². The Morgan fingerprint density at radius 1 is 1.24 bits per heavy atom. The Balaban J connectivity index is 2.03. The lowest BCUT2D eigenvalue weighted by molar-refractivity contribution is 0.0179. The van der Waals surface area contributed by atoms with Gasteiger partial charge in [0.25, 0.3) is 0 Å². The number of aromatic nitrogens is 2. The van der Waals surface area contributed by atoms with Crippen molar-refractivity contribution in [3.63, 3.8) is 0 Å². The van der Waals surface area contributed by atoms with Crippen molar-refractivity contribution in [1.29, 1.82) is 0 Å². The van der Waals surface area contributed by atoms with E-state index in [0.29, 0.717) is 51.9 Å². The van der Waals surface area contributed by atoms with Gasteiger partial charge in [0, 0.05) is 6.20 Å². The van der Waals surface area contributed by atoms with E-state index in [4.69, 9.17) is 20.6 Å². The van der Waals surface area contributed by atoms with Crippen LogP contribution in [0.4, 0.5) is 0 Å². The van der Waals surface area contributed by atoms with E-state index in [2.05, 4.69) is 15.8 Å². The molecule has 7 nitrogen and oxygen atoms in total. The molecule has 0 aliphatic rings. The van der Waals surface area contributed by atoms with Crippen LogP contribution in [-0.4, -0.2) is 62.5 Å². The first-order valence-electron chi connectivity index (χ1n) is 6.56. The van der Waals surface area contributed by atoms with Gasteiger partial charge in [-0.25, -0.2) is 4.79 Å². The molecule has 21 heavy (non-hydrogen) atoms. The highest BCUT2D eigenvalue weighted by atomic mass is 16.5. The van der Waals surface area contributed by atoms with Crippen LogP contribution >= 0.6 is 0 Å². The molecule has 0 aliphatic carbocycles. The number of ether oxygens (including phenoxy) is 4. The Labute approximate surface area is 124 Å². The van der Waals surface area contributed by atoms with Crippen LogP contribution in [0.5, 0.6) is 0 Å². The molecule has 0 saturated heterocycles. The van der Waals surface area contributed by atoms with Crippen molar-refractivity contribution in [3.8, 4) is 12.3 Å². The highest BCUT2D eigenvalue weighted by Gasteiger charge is 2.11. The fourth-order valence-electron chi connectivity index (χ4n) is 1.51. The lowest BCUT2D eigenvalue weighted by atomic mass is 10.4. The van der Waals surface area contributed by atoms with E-state index in [-0.39, 0.29) is 0 Å². The fourth-order valence-corrected chi connectivity index (χ4v) is 1.51. The van der Waals surface area contributed by atoms with Crippen molar-refractivity contribution in [2.75, 3.05) is 46.8 Å². The summed E-state index contributed by atoms with van der Waals surface area (Å²) >= 11 is 0. The second-order valence-corrected chi connectivity index (χ2v) is 3.91. The van der Waals surface area contributed by atoms with E-state index < -0.39 is 5.97 Å². The molecule has 1 aromatic heterocycles. The summed E-state index contributed by atoms with van der Waals surface area (Å²) in [6.45, 7) is 3.10. The molecule has 1 heterocycles. The lowest BCUT2D eigenvalue weighted by Gasteiger charge is -2.07. The largest absolute Gasteiger partial charge is 0.464 e. The van der Waals surface area contributed by atoms with Gasteiger partial charge in [0.1, 0.15) is 12.3 Å². The zero-order chi connectivity index (χ0) is 15.3. The minimum absolute atomic E-state index is 0.298. The van der Waals surface area contributed by atoms with Gasteiger partial charge in [-0.1, -0.05) is 5.92 Å². The topological polar surface area (TPSA) is 71.8 Å². The normalized spacial score (nSPS) is 10.3. The fraction of sp³-hybridized carbons (Fsp3) is 0.571. The Kier molecular flexibility index (Phi) is 8.88. The third-order valence-corrected chi connectivity index (χ3v) is 2.49. The third kappa shape index (κ3) is 6.90. The number of esters is 1. The molecule has 0 atom stereocenters. The summed E-state index contributed by atoms with van der Waals surface area (Å²) < 4.78 is 21.9.